The van der Waals surface area contributed by atoms with Crippen LogP contribution in [0.4, 0.5) is 0 Å². The predicted octanol–water partition coefficient (Wildman–Crippen LogP) is 4.89. The molecule has 2 aromatic carbocycles. The van der Waals surface area contributed by atoms with Crippen LogP contribution in [0.5, 0.6) is 5.75 Å². The van der Waals surface area contributed by atoms with Gasteiger partial charge in [-0.25, -0.2) is 10.2 Å². The highest BCUT2D eigenvalue weighted by Gasteiger charge is 2.18. The fraction of sp³-hybridized carbons (Fsp3) is 0.269. The average Bonchev–Trinajstić information content (AvgIpc) is 3.51. The normalized spacial score (nSPS) is 13.8. The van der Waals surface area contributed by atoms with Crippen molar-refractivity contribution in [2.24, 2.45) is 5.10 Å². The maximum Gasteiger partial charge on any atom is 0.339 e. The predicted molar refractivity (Wildman–Crippen MR) is 142 cm³/mol. The Morgan fingerprint density at radius 3 is 2.54 bits per heavy atom. The lowest BCUT2D eigenvalue weighted by Gasteiger charge is -2.13. The van der Waals surface area contributed by atoms with Gasteiger partial charge in [0.1, 0.15) is 5.75 Å². The van der Waals surface area contributed by atoms with E-state index in [-0.39, 0.29) is 12.5 Å². The first-order chi connectivity index (χ1) is 17.0. The van der Waals surface area contributed by atoms with Gasteiger partial charge in [-0.2, -0.15) is 5.10 Å². The number of nitrogens with zero attached hydrogens (tertiary/aromatic N) is 2. The molecule has 1 aliphatic heterocycles. The van der Waals surface area contributed by atoms with Crippen molar-refractivity contribution in [1.29, 1.82) is 0 Å². The van der Waals surface area contributed by atoms with E-state index in [2.05, 4.69) is 22.7 Å². The largest absolute Gasteiger partial charge is 0.484 e. The van der Waals surface area contributed by atoms with Crippen LogP contribution < -0.4 is 10.2 Å². The molecular weight excluding hydrogens is 482 g/mol. The average molecular weight is 510 g/mol. The van der Waals surface area contributed by atoms with Crippen molar-refractivity contribution in [3.8, 4) is 11.4 Å². The molecule has 182 valence electrons. The summed E-state index contributed by atoms with van der Waals surface area (Å²) in [5, 5.41) is 4.09. The lowest BCUT2D eigenvalue weighted by Crippen LogP contribution is -2.24. The number of carbonyl (C=O) groups excluding carboxylic acids is 2. The van der Waals surface area contributed by atoms with Gasteiger partial charge in [-0.1, -0.05) is 24.3 Å². The Morgan fingerprint density at radius 1 is 1.11 bits per heavy atom. The standard InChI is InChI=1S/C26H27N3O4S2/c1-17-14-20(18(2)29(17)23-7-5-4-6-22(23)25(31)32-3)15-27-28-24(30)16-33-21-10-8-19(9-11-21)26-34-12-13-35-26/h4-11,14-15,26H,12-13,16H2,1-3H3,(H,28,30)/b27-15-. The van der Waals surface area contributed by atoms with Crippen molar-refractivity contribution in [3.63, 3.8) is 0 Å². The Balaban J connectivity index is 1.36. The number of methoxy groups -OCH3 is 1. The monoisotopic (exact) mass is 509 g/mol. The van der Waals surface area contributed by atoms with Gasteiger partial charge in [0.25, 0.3) is 5.91 Å². The molecule has 0 unspecified atom stereocenters. The van der Waals surface area contributed by atoms with Gasteiger partial charge in [0.2, 0.25) is 0 Å². The van der Waals surface area contributed by atoms with Crippen molar-refractivity contribution in [2.45, 2.75) is 18.4 Å². The third kappa shape index (κ3) is 5.91. The van der Waals surface area contributed by atoms with Crippen molar-refractivity contribution >= 4 is 41.6 Å². The van der Waals surface area contributed by atoms with Gasteiger partial charge in [0, 0.05) is 28.5 Å². The molecule has 0 radical (unpaired) electrons. The summed E-state index contributed by atoms with van der Waals surface area (Å²) in [7, 11) is 1.36. The van der Waals surface area contributed by atoms with Crippen molar-refractivity contribution in [3.05, 3.63) is 82.7 Å². The SMILES string of the molecule is COC(=O)c1ccccc1-n1c(C)cc(/C=N\NC(=O)COc2ccc(C3SCCS3)cc2)c1C. The maximum absolute atomic E-state index is 12.2. The molecule has 1 aromatic heterocycles. The summed E-state index contributed by atoms with van der Waals surface area (Å²) in [6.07, 6.45) is 1.59. The zero-order valence-electron chi connectivity index (χ0n) is 19.8. The zero-order valence-corrected chi connectivity index (χ0v) is 21.4. The molecule has 1 amide bonds. The number of para-hydroxylation sites is 1. The van der Waals surface area contributed by atoms with Crippen LogP contribution >= 0.6 is 23.5 Å². The summed E-state index contributed by atoms with van der Waals surface area (Å²) in [4.78, 5) is 24.4. The number of rotatable bonds is 8. The summed E-state index contributed by atoms with van der Waals surface area (Å²) >= 11 is 3.90. The van der Waals surface area contributed by atoms with Gasteiger partial charge in [-0.15, -0.1) is 23.5 Å². The lowest BCUT2D eigenvalue weighted by molar-refractivity contribution is -0.123. The van der Waals surface area contributed by atoms with Gasteiger partial charge in [-0.3, -0.25) is 4.79 Å². The van der Waals surface area contributed by atoms with Crippen LogP contribution in [0.3, 0.4) is 0 Å². The van der Waals surface area contributed by atoms with Crippen LogP contribution in [-0.2, 0) is 9.53 Å². The molecular formula is C26H27N3O4S2. The number of hydrogen-bond acceptors (Lipinski definition) is 7. The molecule has 0 aliphatic carbocycles. The van der Waals surface area contributed by atoms with Gasteiger partial charge in [-0.05, 0) is 49.7 Å². The van der Waals surface area contributed by atoms with Gasteiger partial charge >= 0.3 is 5.97 Å². The van der Waals surface area contributed by atoms with E-state index in [9.17, 15) is 9.59 Å². The van der Waals surface area contributed by atoms with E-state index in [1.54, 1.807) is 18.3 Å². The number of aromatic nitrogens is 1. The summed E-state index contributed by atoms with van der Waals surface area (Å²) in [6, 6.07) is 17.1. The topological polar surface area (TPSA) is 81.9 Å². The smallest absolute Gasteiger partial charge is 0.339 e. The Hall–Kier alpha value is -3.17. The fourth-order valence-electron chi connectivity index (χ4n) is 3.87. The molecule has 9 heteroatoms. The first-order valence-electron chi connectivity index (χ1n) is 11.1. The van der Waals surface area contributed by atoms with Crippen molar-refractivity contribution < 1.29 is 19.1 Å². The summed E-state index contributed by atoms with van der Waals surface area (Å²) in [5.41, 5.74) is 7.60. The van der Waals surface area contributed by atoms with E-state index < -0.39 is 5.97 Å². The van der Waals surface area contributed by atoms with E-state index in [4.69, 9.17) is 9.47 Å². The van der Waals surface area contributed by atoms with Crippen LogP contribution in [0.25, 0.3) is 5.69 Å². The minimum Gasteiger partial charge on any atom is -0.484 e. The van der Waals surface area contributed by atoms with Gasteiger partial charge < -0.3 is 14.0 Å². The van der Waals surface area contributed by atoms with Crippen molar-refractivity contribution in [2.75, 3.05) is 25.2 Å². The number of nitrogens with one attached hydrogen (secondary N) is 1. The number of thioether (sulfide) groups is 2. The van der Waals surface area contributed by atoms with Crippen LogP contribution in [0.2, 0.25) is 0 Å². The molecule has 1 fully saturated rings. The highest BCUT2D eigenvalue weighted by Crippen LogP contribution is 2.45. The Kier molecular flexibility index (Phi) is 8.20. The Bertz CT molecular complexity index is 1230. The Labute approximate surface area is 213 Å². The molecule has 1 saturated heterocycles. The minimum absolute atomic E-state index is 0.130. The second-order valence-corrected chi connectivity index (χ2v) is 10.6. The first-order valence-corrected chi connectivity index (χ1v) is 13.2. The minimum atomic E-state index is -0.401. The van der Waals surface area contributed by atoms with E-state index in [1.807, 2.05) is 72.3 Å². The fourth-order valence-corrected chi connectivity index (χ4v) is 6.73. The quantitative estimate of drug-likeness (QED) is 0.265. The van der Waals surface area contributed by atoms with E-state index >= 15 is 0 Å². The summed E-state index contributed by atoms with van der Waals surface area (Å²) < 4.78 is 13.0. The molecule has 0 saturated carbocycles. The number of benzene rings is 2. The Morgan fingerprint density at radius 2 is 1.83 bits per heavy atom. The number of esters is 1. The molecule has 0 atom stereocenters. The van der Waals surface area contributed by atoms with Crippen LogP contribution in [0, 0.1) is 13.8 Å². The third-order valence-corrected chi connectivity index (χ3v) is 8.66. The van der Waals surface area contributed by atoms with E-state index in [0.717, 1.165) is 22.6 Å². The highest BCUT2D eigenvalue weighted by atomic mass is 32.2. The zero-order chi connectivity index (χ0) is 24.8. The first kappa shape index (κ1) is 24.9. The van der Waals surface area contributed by atoms with Crippen molar-refractivity contribution in [1.82, 2.24) is 9.99 Å². The molecule has 3 aromatic rings. The number of hydrazone groups is 1. The molecule has 1 aliphatic rings. The summed E-state index contributed by atoms with van der Waals surface area (Å²) in [5.74, 6) is 2.25. The van der Waals surface area contributed by atoms with Gasteiger partial charge in [0.05, 0.1) is 29.2 Å². The number of hydrogen-bond donors (Lipinski definition) is 1. The van der Waals surface area contributed by atoms with Crippen LogP contribution in [-0.4, -0.2) is 47.9 Å². The lowest BCUT2D eigenvalue weighted by atomic mass is 10.1. The van der Waals surface area contributed by atoms with Crippen LogP contribution in [0.15, 0.2) is 59.7 Å². The second-order valence-electron chi connectivity index (χ2n) is 7.90. The molecule has 2 heterocycles. The second kappa shape index (κ2) is 11.5. The molecule has 35 heavy (non-hydrogen) atoms. The molecule has 1 N–H and O–H groups in total. The number of aryl methyl sites for hydroxylation is 1. The molecule has 4 rings (SSSR count). The van der Waals surface area contributed by atoms with Gasteiger partial charge in [0.15, 0.2) is 6.61 Å². The maximum atomic E-state index is 12.2. The molecule has 0 spiro atoms. The number of carbonyl (C=O) groups is 2. The highest BCUT2D eigenvalue weighted by molar-refractivity contribution is 8.19. The summed E-state index contributed by atoms with van der Waals surface area (Å²) in [6.45, 7) is 3.74. The van der Waals surface area contributed by atoms with E-state index in [1.165, 1.54) is 24.2 Å². The number of ether oxygens (including phenoxy) is 2. The molecule has 7 nitrogen and oxygen atoms in total. The third-order valence-electron chi connectivity index (χ3n) is 5.56. The van der Waals surface area contributed by atoms with Crippen LogP contribution in [0.1, 0.15) is 37.5 Å². The van der Waals surface area contributed by atoms with E-state index in [0.29, 0.717) is 15.9 Å². The number of amides is 1. The molecule has 0 bridgehead atoms.